The van der Waals surface area contributed by atoms with Gasteiger partial charge in [0.25, 0.3) is 0 Å². The second kappa shape index (κ2) is 6.29. The van der Waals surface area contributed by atoms with E-state index in [1.807, 2.05) is 25.1 Å². The Morgan fingerprint density at radius 1 is 1.05 bits per heavy atom. The molecule has 1 unspecified atom stereocenters. The van der Waals surface area contributed by atoms with Crippen LogP contribution in [0.4, 0.5) is 0 Å². The van der Waals surface area contributed by atoms with E-state index in [1.54, 1.807) is 11.3 Å². The quantitative estimate of drug-likeness (QED) is 0.759. The first-order valence-corrected chi connectivity index (χ1v) is 8.03. The van der Waals surface area contributed by atoms with Crippen molar-refractivity contribution in [3.8, 4) is 5.75 Å². The molecule has 0 aliphatic carbocycles. The van der Waals surface area contributed by atoms with Gasteiger partial charge in [0.05, 0.1) is 0 Å². The van der Waals surface area contributed by atoms with Crippen molar-refractivity contribution < 1.29 is 4.74 Å². The zero-order valence-corrected chi connectivity index (χ0v) is 12.9. The highest BCUT2D eigenvalue weighted by molar-refractivity contribution is 7.17. The fraction of sp³-hybridized carbons (Fsp3) is 0.222. The zero-order chi connectivity index (χ0) is 14.7. The van der Waals surface area contributed by atoms with Crippen LogP contribution in [0.2, 0.25) is 0 Å². The summed E-state index contributed by atoms with van der Waals surface area (Å²) in [6.07, 6.45) is 0.834. The van der Waals surface area contributed by atoms with E-state index in [9.17, 15) is 0 Å². The summed E-state index contributed by atoms with van der Waals surface area (Å²) in [7, 11) is 0. The number of ether oxygens (including phenoxy) is 1. The van der Waals surface area contributed by atoms with Crippen molar-refractivity contribution in [3.05, 3.63) is 65.0 Å². The van der Waals surface area contributed by atoms with Gasteiger partial charge in [-0.1, -0.05) is 36.4 Å². The standard InChI is InChI=1S/C18H19NOS/c1-13(19)10-14-6-2-4-8-17(14)20-11-15-12-21-18-9-5-3-7-16(15)18/h2-9,12-13H,10-11,19H2,1H3. The average Bonchev–Trinajstić information content (AvgIpc) is 2.89. The molecule has 0 aliphatic heterocycles. The van der Waals surface area contributed by atoms with Gasteiger partial charge < -0.3 is 10.5 Å². The van der Waals surface area contributed by atoms with E-state index < -0.39 is 0 Å². The molecule has 3 rings (SSSR count). The second-order valence-corrected chi connectivity index (χ2v) is 6.25. The van der Waals surface area contributed by atoms with Gasteiger partial charge in [-0.15, -0.1) is 11.3 Å². The lowest BCUT2D eigenvalue weighted by Crippen LogP contribution is -2.18. The van der Waals surface area contributed by atoms with E-state index in [1.165, 1.54) is 21.2 Å². The molecule has 0 spiro atoms. The maximum Gasteiger partial charge on any atom is 0.123 e. The Morgan fingerprint density at radius 3 is 2.67 bits per heavy atom. The summed E-state index contributed by atoms with van der Waals surface area (Å²) in [5.74, 6) is 0.935. The summed E-state index contributed by atoms with van der Waals surface area (Å²) in [4.78, 5) is 0. The molecule has 0 aliphatic rings. The largest absolute Gasteiger partial charge is 0.489 e. The Balaban J connectivity index is 1.79. The molecule has 0 saturated heterocycles. The minimum atomic E-state index is 0.136. The van der Waals surface area contributed by atoms with Gasteiger partial charge in [-0.2, -0.15) is 0 Å². The van der Waals surface area contributed by atoms with Crippen LogP contribution >= 0.6 is 11.3 Å². The van der Waals surface area contributed by atoms with Crippen LogP contribution in [-0.4, -0.2) is 6.04 Å². The lowest BCUT2D eigenvalue weighted by molar-refractivity contribution is 0.304. The second-order valence-electron chi connectivity index (χ2n) is 5.33. The van der Waals surface area contributed by atoms with Gasteiger partial charge in [0.1, 0.15) is 12.4 Å². The van der Waals surface area contributed by atoms with Crippen molar-refractivity contribution in [2.45, 2.75) is 26.0 Å². The predicted molar refractivity (Wildman–Crippen MR) is 90.0 cm³/mol. The van der Waals surface area contributed by atoms with Crippen LogP contribution in [0.5, 0.6) is 5.75 Å². The summed E-state index contributed by atoms with van der Waals surface area (Å²) in [6.45, 7) is 2.61. The summed E-state index contributed by atoms with van der Waals surface area (Å²) in [5, 5.41) is 3.46. The van der Waals surface area contributed by atoms with E-state index in [-0.39, 0.29) is 6.04 Å². The van der Waals surface area contributed by atoms with Crippen LogP contribution in [-0.2, 0) is 13.0 Å². The van der Waals surface area contributed by atoms with Gasteiger partial charge in [-0.3, -0.25) is 0 Å². The smallest absolute Gasteiger partial charge is 0.123 e. The van der Waals surface area contributed by atoms with Crippen LogP contribution in [0.25, 0.3) is 10.1 Å². The number of thiophene rings is 1. The predicted octanol–water partition coefficient (Wildman–Crippen LogP) is 4.37. The third-order valence-corrected chi connectivity index (χ3v) is 4.47. The Kier molecular flexibility index (Phi) is 4.23. The highest BCUT2D eigenvalue weighted by Crippen LogP contribution is 2.27. The third-order valence-electron chi connectivity index (χ3n) is 3.46. The Morgan fingerprint density at radius 2 is 1.81 bits per heavy atom. The highest BCUT2D eigenvalue weighted by Gasteiger charge is 2.08. The van der Waals surface area contributed by atoms with E-state index in [0.717, 1.165) is 12.2 Å². The lowest BCUT2D eigenvalue weighted by atomic mass is 10.1. The molecule has 0 bridgehead atoms. The Hall–Kier alpha value is -1.84. The molecule has 3 aromatic rings. The average molecular weight is 297 g/mol. The summed E-state index contributed by atoms with van der Waals surface area (Å²) in [6, 6.07) is 16.7. The molecule has 0 fully saturated rings. The van der Waals surface area contributed by atoms with Crippen LogP contribution in [0.15, 0.2) is 53.9 Å². The minimum absolute atomic E-state index is 0.136. The summed E-state index contributed by atoms with van der Waals surface area (Å²) in [5.41, 5.74) is 8.32. The fourth-order valence-corrected chi connectivity index (χ4v) is 3.41. The van der Waals surface area contributed by atoms with Crippen LogP contribution in [0.3, 0.4) is 0 Å². The van der Waals surface area contributed by atoms with Crippen molar-refractivity contribution in [2.75, 3.05) is 0 Å². The molecule has 21 heavy (non-hydrogen) atoms. The molecule has 108 valence electrons. The molecule has 0 saturated carbocycles. The number of para-hydroxylation sites is 1. The van der Waals surface area contributed by atoms with Crippen LogP contribution < -0.4 is 10.5 Å². The third kappa shape index (κ3) is 3.26. The number of rotatable bonds is 5. The number of nitrogens with two attached hydrogens (primary N) is 1. The molecule has 2 N–H and O–H groups in total. The van der Waals surface area contributed by atoms with Gasteiger partial charge in [-0.05, 0) is 41.8 Å². The number of fused-ring (bicyclic) bond motifs is 1. The maximum absolute atomic E-state index is 6.04. The van der Waals surface area contributed by atoms with Gasteiger partial charge in [0, 0.05) is 16.3 Å². The van der Waals surface area contributed by atoms with E-state index in [0.29, 0.717) is 6.61 Å². The van der Waals surface area contributed by atoms with Crippen molar-refractivity contribution >= 4 is 21.4 Å². The molecular formula is C18H19NOS. The number of hydrogen-bond acceptors (Lipinski definition) is 3. The maximum atomic E-state index is 6.04. The molecule has 3 heteroatoms. The molecule has 1 aromatic heterocycles. The monoisotopic (exact) mass is 297 g/mol. The van der Waals surface area contributed by atoms with Gasteiger partial charge >= 0.3 is 0 Å². The van der Waals surface area contributed by atoms with Crippen molar-refractivity contribution in [3.63, 3.8) is 0 Å². The molecule has 0 radical (unpaired) electrons. The first-order chi connectivity index (χ1) is 10.2. The number of benzene rings is 2. The van der Waals surface area contributed by atoms with Gasteiger partial charge in [0.2, 0.25) is 0 Å². The summed E-state index contributed by atoms with van der Waals surface area (Å²) >= 11 is 1.76. The summed E-state index contributed by atoms with van der Waals surface area (Å²) < 4.78 is 7.35. The minimum Gasteiger partial charge on any atom is -0.489 e. The van der Waals surface area contributed by atoms with Crippen LogP contribution in [0, 0.1) is 0 Å². The lowest BCUT2D eigenvalue weighted by Gasteiger charge is -2.12. The molecular weight excluding hydrogens is 278 g/mol. The molecule has 0 amide bonds. The van der Waals surface area contributed by atoms with Gasteiger partial charge in [0.15, 0.2) is 0 Å². The van der Waals surface area contributed by atoms with E-state index >= 15 is 0 Å². The molecule has 1 heterocycles. The molecule has 2 nitrogen and oxygen atoms in total. The zero-order valence-electron chi connectivity index (χ0n) is 12.1. The van der Waals surface area contributed by atoms with Crippen LogP contribution in [0.1, 0.15) is 18.1 Å². The SMILES string of the molecule is CC(N)Cc1ccccc1OCc1csc2ccccc12. The van der Waals surface area contributed by atoms with Crippen molar-refractivity contribution in [2.24, 2.45) is 5.73 Å². The normalized spacial score (nSPS) is 12.5. The highest BCUT2D eigenvalue weighted by atomic mass is 32.1. The Bertz CT molecular complexity index is 733. The first-order valence-electron chi connectivity index (χ1n) is 7.15. The molecule has 1 atom stereocenters. The van der Waals surface area contributed by atoms with Crippen molar-refractivity contribution in [1.29, 1.82) is 0 Å². The van der Waals surface area contributed by atoms with Crippen molar-refractivity contribution in [1.82, 2.24) is 0 Å². The first kappa shape index (κ1) is 14.1. The van der Waals surface area contributed by atoms with E-state index in [4.69, 9.17) is 10.5 Å². The van der Waals surface area contributed by atoms with E-state index in [2.05, 4.69) is 35.7 Å². The van der Waals surface area contributed by atoms with Gasteiger partial charge in [-0.25, -0.2) is 0 Å². The fourth-order valence-electron chi connectivity index (χ4n) is 2.46. The molecule has 2 aromatic carbocycles. The topological polar surface area (TPSA) is 35.2 Å². The number of hydrogen-bond donors (Lipinski definition) is 1. The Labute approximate surface area is 129 Å².